The number of nitrogen functional groups attached to an aromatic ring is 1. The minimum Gasteiger partial charge on any atom is -0.397 e. The number of pyridine rings is 1. The van der Waals surface area contributed by atoms with Crippen molar-refractivity contribution in [3.63, 3.8) is 0 Å². The van der Waals surface area contributed by atoms with E-state index in [4.69, 9.17) is 10.7 Å². The van der Waals surface area contributed by atoms with Crippen LogP contribution < -0.4 is 5.73 Å². The van der Waals surface area contributed by atoms with Gasteiger partial charge in [-0.1, -0.05) is 0 Å². The SMILES string of the molecule is Cc1ncc(-c2cc(-c3nccs3)nc3sc([C@H](C)O)c(N)c23)n1C. The summed E-state index contributed by atoms with van der Waals surface area (Å²) in [7, 11) is 1.98. The van der Waals surface area contributed by atoms with E-state index >= 15 is 0 Å². The molecule has 6 nitrogen and oxygen atoms in total. The van der Waals surface area contributed by atoms with E-state index in [0.717, 1.165) is 42.9 Å². The van der Waals surface area contributed by atoms with Gasteiger partial charge < -0.3 is 15.4 Å². The van der Waals surface area contributed by atoms with Crippen molar-refractivity contribution in [3.8, 4) is 22.0 Å². The lowest BCUT2D eigenvalue weighted by Crippen LogP contribution is -1.98. The molecule has 0 aliphatic rings. The Morgan fingerprint density at radius 2 is 2.12 bits per heavy atom. The molecule has 8 heteroatoms. The summed E-state index contributed by atoms with van der Waals surface area (Å²) in [6, 6.07) is 2.01. The molecule has 0 saturated carbocycles. The predicted octanol–water partition coefficient (Wildman–Crippen LogP) is 3.76. The normalized spacial score (nSPS) is 12.8. The lowest BCUT2D eigenvalue weighted by molar-refractivity contribution is 0.204. The fourth-order valence-electron chi connectivity index (χ4n) is 2.86. The first-order valence-electron chi connectivity index (χ1n) is 7.77. The average Bonchev–Trinajstić information content (AvgIpc) is 3.29. The Kier molecular flexibility index (Phi) is 3.82. The van der Waals surface area contributed by atoms with Crippen LogP contribution in [0.25, 0.3) is 32.2 Å². The van der Waals surface area contributed by atoms with E-state index in [1.54, 1.807) is 24.5 Å². The van der Waals surface area contributed by atoms with Gasteiger partial charge >= 0.3 is 0 Å². The predicted molar refractivity (Wildman–Crippen MR) is 103 cm³/mol. The Labute approximate surface area is 152 Å². The van der Waals surface area contributed by atoms with Gasteiger partial charge in [0.25, 0.3) is 0 Å². The van der Waals surface area contributed by atoms with Crippen LogP contribution in [0.2, 0.25) is 0 Å². The van der Waals surface area contributed by atoms with Crippen LogP contribution in [0.15, 0.2) is 23.8 Å². The van der Waals surface area contributed by atoms with Gasteiger partial charge in [0.05, 0.1) is 28.6 Å². The molecule has 0 aliphatic heterocycles. The van der Waals surface area contributed by atoms with E-state index in [0.29, 0.717) is 5.69 Å². The summed E-state index contributed by atoms with van der Waals surface area (Å²) in [5, 5.41) is 13.7. The summed E-state index contributed by atoms with van der Waals surface area (Å²) in [4.78, 5) is 15.1. The smallest absolute Gasteiger partial charge is 0.141 e. The minimum atomic E-state index is -0.636. The number of fused-ring (bicyclic) bond motifs is 1. The summed E-state index contributed by atoms with van der Waals surface area (Å²) in [6.45, 7) is 3.68. The molecule has 0 radical (unpaired) electrons. The molecule has 4 aromatic heterocycles. The highest BCUT2D eigenvalue weighted by molar-refractivity contribution is 7.19. The molecule has 1 atom stereocenters. The Morgan fingerprint density at radius 1 is 1.32 bits per heavy atom. The van der Waals surface area contributed by atoms with Gasteiger partial charge in [-0.25, -0.2) is 15.0 Å². The topological polar surface area (TPSA) is 89.8 Å². The maximum absolute atomic E-state index is 10.1. The number of thiophene rings is 1. The van der Waals surface area contributed by atoms with Gasteiger partial charge in [-0.15, -0.1) is 22.7 Å². The third kappa shape index (κ3) is 2.53. The maximum atomic E-state index is 10.1. The molecule has 0 bridgehead atoms. The van der Waals surface area contributed by atoms with E-state index in [2.05, 4.69) is 9.97 Å². The number of aryl methyl sites for hydroxylation is 1. The number of nitrogens with zero attached hydrogens (tertiary/aromatic N) is 4. The third-order valence-corrected chi connectivity index (χ3v) is 6.32. The van der Waals surface area contributed by atoms with Crippen molar-refractivity contribution in [2.24, 2.45) is 7.05 Å². The zero-order valence-corrected chi connectivity index (χ0v) is 15.6. The van der Waals surface area contributed by atoms with Crippen LogP contribution in [0.5, 0.6) is 0 Å². The molecule has 4 aromatic rings. The van der Waals surface area contributed by atoms with Crippen molar-refractivity contribution in [1.29, 1.82) is 0 Å². The molecule has 128 valence electrons. The van der Waals surface area contributed by atoms with Crippen molar-refractivity contribution in [3.05, 3.63) is 34.5 Å². The highest BCUT2D eigenvalue weighted by Crippen LogP contribution is 2.43. The fourth-order valence-corrected chi connectivity index (χ4v) is 4.52. The lowest BCUT2D eigenvalue weighted by atomic mass is 10.1. The van der Waals surface area contributed by atoms with Crippen molar-refractivity contribution >= 4 is 38.6 Å². The summed E-state index contributed by atoms with van der Waals surface area (Å²) in [6.07, 6.45) is 2.97. The summed E-state index contributed by atoms with van der Waals surface area (Å²) >= 11 is 2.97. The number of aliphatic hydroxyl groups is 1. The minimum absolute atomic E-state index is 0.585. The highest BCUT2D eigenvalue weighted by Gasteiger charge is 2.21. The largest absolute Gasteiger partial charge is 0.397 e. The van der Waals surface area contributed by atoms with E-state index in [-0.39, 0.29) is 0 Å². The Bertz CT molecular complexity index is 1060. The van der Waals surface area contributed by atoms with E-state index in [9.17, 15) is 5.11 Å². The Morgan fingerprint density at radius 3 is 2.72 bits per heavy atom. The summed E-state index contributed by atoms with van der Waals surface area (Å²) in [5.74, 6) is 0.917. The van der Waals surface area contributed by atoms with Crippen LogP contribution in [0.4, 0.5) is 5.69 Å². The fraction of sp³-hybridized carbons (Fsp3) is 0.235. The molecular weight excluding hydrogens is 354 g/mol. The van der Waals surface area contributed by atoms with Crippen molar-refractivity contribution in [1.82, 2.24) is 19.5 Å². The molecular formula is C17H17N5OS2. The molecule has 4 heterocycles. The number of nitrogens with two attached hydrogens (primary N) is 1. The number of imidazole rings is 1. The molecule has 0 fully saturated rings. The second-order valence-corrected chi connectivity index (χ2v) is 7.80. The van der Waals surface area contributed by atoms with Crippen LogP contribution in [-0.4, -0.2) is 24.6 Å². The maximum Gasteiger partial charge on any atom is 0.141 e. The number of anilines is 1. The quantitative estimate of drug-likeness (QED) is 0.572. The average molecular weight is 371 g/mol. The highest BCUT2D eigenvalue weighted by atomic mass is 32.1. The van der Waals surface area contributed by atoms with Crippen molar-refractivity contribution in [2.45, 2.75) is 20.0 Å². The zero-order valence-electron chi connectivity index (χ0n) is 14.0. The number of aromatic nitrogens is 4. The summed E-state index contributed by atoms with van der Waals surface area (Å²) in [5.41, 5.74) is 9.68. The number of rotatable bonds is 3. The molecule has 25 heavy (non-hydrogen) atoms. The third-order valence-electron chi connectivity index (χ3n) is 4.25. The monoisotopic (exact) mass is 371 g/mol. The van der Waals surface area contributed by atoms with Gasteiger partial charge in [0.15, 0.2) is 0 Å². The molecule has 3 N–H and O–H groups in total. The summed E-state index contributed by atoms with van der Waals surface area (Å²) < 4.78 is 2.03. The van der Waals surface area contributed by atoms with Gasteiger partial charge in [-0.2, -0.15) is 0 Å². The second kappa shape index (κ2) is 5.91. The standard InChI is InChI=1S/C17H17N5OS2/c1-8(23)15-14(18)13-10(12-7-20-9(2)22(12)3)6-11(21-17(13)25-15)16-19-4-5-24-16/h4-8,23H,18H2,1-3H3/t8-/m0/s1. The van der Waals surface area contributed by atoms with Gasteiger partial charge in [0, 0.05) is 29.6 Å². The molecule has 0 unspecified atom stereocenters. The van der Waals surface area contributed by atoms with E-state index in [1.165, 1.54) is 11.3 Å². The number of hydrogen-bond donors (Lipinski definition) is 2. The number of aliphatic hydroxyl groups excluding tert-OH is 1. The Balaban J connectivity index is 2.09. The first kappa shape index (κ1) is 16.2. The zero-order chi connectivity index (χ0) is 17.7. The van der Waals surface area contributed by atoms with Gasteiger partial charge in [-0.3, -0.25) is 0 Å². The molecule has 0 spiro atoms. The molecule has 0 amide bonds. The van der Waals surface area contributed by atoms with Gasteiger partial charge in [0.1, 0.15) is 21.4 Å². The molecule has 4 rings (SSSR count). The van der Waals surface area contributed by atoms with E-state index < -0.39 is 6.10 Å². The van der Waals surface area contributed by atoms with Crippen LogP contribution >= 0.6 is 22.7 Å². The van der Waals surface area contributed by atoms with E-state index in [1.807, 2.05) is 36.2 Å². The molecule has 0 aliphatic carbocycles. The Hall–Kier alpha value is -2.29. The van der Waals surface area contributed by atoms with Crippen LogP contribution in [0.3, 0.4) is 0 Å². The van der Waals surface area contributed by atoms with Crippen LogP contribution in [0.1, 0.15) is 23.7 Å². The lowest BCUT2D eigenvalue weighted by Gasteiger charge is -2.09. The number of thiazole rings is 1. The second-order valence-electron chi connectivity index (χ2n) is 5.88. The van der Waals surface area contributed by atoms with Crippen LogP contribution in [0, 0.1) is 6.92 Å². The van der Waals surface area contributed by atoms with Crippen LogP contribution in [-0.2, 0) is 7.05 Å². The first-order chi connectivity index (χ1) is 12.0. The van der Waals surface area contributed by atoms with Crippen molar-refractivity contribution in [2.75, 3.05) is 5.73 Å². The van der Waals surface area contributed by atoms with Crippen molar-refractivity contribution < 1.29 is 5.11 Å². The molecule has 0 saturated heterocycles. The van der Waals surface area contributed by atoms with Gasteiger partial charge in [0.2, 0.25) is 0 Å². The molecule has 0 aromatic carbocycles. The first-order valence-corrected chi connectivity index (χ1v) is 9.46. The number of hydrogen-bond acceptors (Lipinski definition) is 7. The van der Waals surface area contributed by atoms with Gasteiger partial charge in [-0.05, 0) is 19.9 Å².